The van der Waals surface area contributed by atoms with Crippen molar-refractivity contribution >= 4 is 28.9 Å². The number of nitrogens with one attached hydrogen (secondary N) is 1. The second-order valence-corrected chi connectivity index (χ2v) is 11.8. The third-order valence-corrected chi connectivity index (χ3v) is 9.06. The van der Waals surface area contributed by atoms with Gasteiger partial charge in [-0.1, -0.05) is 6.07 Å². The number of likely N-dealkylation sites (tertiary alicyclic amines) is 1. The van der Waals surface area contributed by atoms with Gasteiger partial charge in [-0.15, -0.1) is 0 Å². The largest absolute Gasteiger partial charge is 0.510 e. The van der Waals surface area contributed by atoms with Crippen molar-refractivity contribution in [2.75, 3.05) is 32.5 Å². The molecule has 0 radical (unpaired) electrons. The molecule has 1 aliphatic heterocycles. The Hall–Kier alpha value is -3.37. The van der Waals surface area contributed by atoms with Crippen molar-refractivity contribution in [1.82, 2.24) is 9.80 Å². The standard InChI is InChI=1S/C29H38N4O6/c1-13(2)33-9-7-16(8-10-33)31-18-6-5-14-11-15-12-17-21(26(36)20(15)25(35)19(14)24(18)34)27(37)22(29(30)39)28(38)23(17)32(3)4/h5-6,13,15-17,21,23,31,34-35,38H,7-12H2,1-4H3,(H2,30,39). The van der Waals surface area contributed by atoms with Crippen LogP contribution in [-0.4, -0.2) is 87.9 Å². The number of likely N-dealkylation sites (N-methyl/N-ethyl adjacent to an activating group) is 1. The first-order valence-corrected chi connectivity index (χ1v) is 13.7. The summed E-state index contributed by atoms with van der Waals surface area (Å²) in [6.07, 6.45) is 2.58. The molecule has 1 aromatic carbocycles. The number of aromatic hydroxyl groups is 1. The van der Waals surface area contributed by atoms with E-state index in [-0.39, 0.29) is 28.7 Å². The van der Waals surface area contributed by atoms with Crippen molar-refractivity contribution in [2.45, 2.75) is 57.7 Å². The Balaban J connectivity index is 1.49. The molecule has 6 N–H and O–H groups in total. The highest BCUT2D eigenvalue weighted by Gasteiger charge is 2.55. The minimum atomic E-state index is -1.25. The molecule has 3 aliphatic carbocycles. The van der Waals surface area contributed by atoms with Gasteiger partial charge in [0.05, 0.1) is 23.2 Å². The van der Waals surface area contributed by atoms with E-state index in [1.54, 1.807) is 19.0 Å². The van der Waals surface area contributed by atoms with Gasteiger partial charge >= 0.3 is 0 Å². The summed E-state index contributed by atoms with van der Waals surface area (Å²) in [6.45, 7) is 6.26. The molecule has 10 nitrogen and oxygen atoms in total. The highest BCUT2D eigenvalue weighted by molar-refractivity contribution is 6.28. The summed E-state index contributed by atoms with van der Waals surface area (Å²) in [5.41, 5.74) is 6.38. The molecule has 10 heteroatoms. The van der Waals surface area contributed by atoms with Crippen molar-refractivity contribution in [3.05, 3.63) is 40.2 Å². The van der Waals surface area contributed by atoms with Crippen molar-refractivity contribution in [1.29, 1.82) is 0 Å². The Bertz CT molecular complexity index is 1290. The van der Waals surface area contributed by atoms with Crippen LogP contribution >= 0.6 is 0 Å². The van der Waals surface area contributed by atoms with Gasteiger partial charge in [0.25, 0.3) is 5.91 Å². The lowest BCUT2D eigenvalue weighted by atomic mass is 9.59. The Kier molecular flexibility index (Phi) is 6.97. The number of carbonyl (C=O) groups excluding carboxylic acids is 3. The topological polar surface area (TPSA) is 156 Å². The second kappa shape index (κ2) is 9.98. The lowest BCUT2D eigenvalue weighted by Gasteiger charge is -2.46. The third-order valence-electron chi connectivity index (χ3n) is 9.06. The van der Waals surface area contributed by atoms with Crippen LogP contribution in [0, 0.1) is 17.8 Å². The van der Waals surface area contributed by atoms with Crippen LogP contribution in [0.25, 0.3) is 5.76 Å². The summed E-state index contributed by atoms with van der Waals surface area (Å²) in [7, 11) is 3.41. The number of hydrogen-bond acceptors (Lipinski definition) is 9. The average Bonchev–Trinajstić information content (AvgIpc) is 2.85. The number of benzene rings is 1. The Labute approximate surface area is 228 Å². The number of phenolic OH excluding ortho intramolecular Hbond substituents is 1. The van der Waals surface area contributed by atoms with Crippen LogP contribution in [0.4, 0.5) is 5.69 Å². The molecule has 4 unspecified atom stereocenters. The first-order chi connectivity index (χ1) is 18.4. The van der Waals surface area contributed by atoms with E-state index in [4.69, 9.17) is 5.73 Å². The number of aliphatic hydroxyl groups excluding tert-OH is 2. The zero-order valence-electron chi connectivity index (χ0n) is 22.9. The highest BCUT2D eigenvalue weighted by Crippen LogP contribution is 2.51. The molecular formula is C29H38N4O6. The summed E-state index contributed by atoms with van der Waals surface area (Å²) in [4.78, 5) is 43.3. The van der Waals surface area contributed by atoms with Gasteiger partial charge in [0, 0.05) is 30.7 Å². The Morgan fingerprint density at radius 1 is 1.10 bits per heavy atom. The maximum atomic E-state index is 13.9. The van der Waals surface area contributed by atoms with E-state index in [9.17, 15) is 29.7 Å². The molecular weight excluding hydrogens is 500 g/mol. The fourth-order valence-corrected chi connectivity index (χ4v) is 7.14. The van der Waals surface area contributed by atoms with Gasteiger partial charge in [-0.2, -0.15) is 0 Å². The van der Waals surface area contributed by atoms with E-state index in [1.807, 2.05) is 12.1 Å². The number of nitrogens with two attached hydrogens (primary N) is 1. The van der Waals surface area contributed by atoms with Crippen LogP contribution in [0.2, 0.25) is 0 Å². The van der Waals surface area contributed by atoms with Crippen molar-refractivity contribution in [3.63, 3.8) is 0 Å². The number of allylic oxidation sites excluding steroid dienone is 1. The van der Waals surface area contributed by atoms with Crippen molar-refractivity contribution in [3.8, 4) is 5.75 Å². The first-order valence-electron chi connectivity index (χ1n) is 13.7. The average molecular weight is 539 g/mol. The number of carbonyl (C=O) groups is 3. The quantitative estimate of drug-likeness (QED) is 0.215. The number of amides is 1. The fourth-order valence-electron chi connectivity index (χ4n) is 7.14. The number of rotatable bonds is 5. The number of primary amides is 1. The second-order valence-electron chi connectivity index (χ2n) is 11.8. The Morgan fingerprint density at radius 2 is 1.77 bits per heavy atom. The van der Waals surface area contributed by atoms with Crippen LogP contribution in [-0.2, 0) is 20.8 Å². The summed E-state index contributed by atoms with van der Waals surface area (Å²) < 4.78 is 0. The van der Waals surface area contributed by atoms with Gasteiger partial charge in [0.2, 0.25) is 0 Å². The molecule has 5 rings (SSSR count). The first kappa shape index (κ1) is 27.2. The minimum Gasteiger partial charge on any atom is -0.510 e. The number of fused-ring (bicyclic) bond motifs is 3. The molecule has 1 amide bonds. The zero-order chi connectivity index (χ0) is 28.3. The monoisotopic (exact) mass is 538 g/mol. The zero-order valence-corrected chi connectivity index (χ0v) is 22.9. The van der Waals surface area contributed by atoms with E-state index >= 15 is 0 Å². The third kappa shape index (κ3) is 4.39. The SMILES string of the molecule is CC(C)N1CCC(Nc2ccc3c(c2O)C(O)=C2C(=O)C4C(=O)C(C(N)=O)=C(O)C(N(C)C)C4CC2C3)CC1. The lowest BCUT2D eigenvalue weighted by molar-refractivity contribution is -0.136. The molecule has 2 fully saturated rings. The molecule has 4 atom stereocenters. The number of nitrogens with zero attached hydrogens (tertiary/aromatic N) is 2. The molecule has 0 spiro atoms. The molecule has 1 heterocycles. The van der Waals surface area contributed by atoms with E-state index in [0.717, 1.165) is 25.9 Å². The minimum absolute atomic E-state index is 0.0949. The number of Topliss-reactive ketones (excluding diaryl/α,β-unsaturated/α-hetero) is 2. The number of phenols is 1. The van der Waals surface area contributed by atoms with Crippen molar-refractivity contribution in [2.24, 2.45) is 23.5 Å². The Morgan fingerprint density at radius 3 is 2.36 bits per heavy atom. The van der Waals surface area contributed by atoms with Gasteiger partial charge in [-0.3, -0.25) is 19.3 Å². The molecule has 39 heavy (non-hydrogen) atoms. The van der Waals surface area contributed by atoms with Gasteiger partial charge < -0.3 is 31.3 Å². The number of piperidine rings is 1. The van der Waals surface area contributed by atoms with Gasteiger partial charge in [0.1, 0.15) is 22.8 Å². The smallest absolute Gasteiger partial charge is 0.255 e. The molecule has 4 aliphatic rings. The van der Waals surface area contributed by atoms with E-state index in [0.29, 0.717) is 30.1 Å². The highest BCUT2D eigenvalue weighted by atomic mass is 16.3. The number of anilines is 1. The van der Waals surface area contributed by atoms with Gasteiger partial charge in [-0.05, 0) is 77.1 Å². The molecule has 1 saturated carbocycles. The van der Waals surface area contributed by atoms with E-state index in [2.05, 4.69) is 24.1 Å². The fraction of sp³-hybridized carbons (Fsp3) is 0.552. The number of hydrogen-bond donors (Lipinski definition) is 5. The van der Waals surface area contributed by atoms with Crippen LogP contribution in [0.3, 0.4) is 0 Å². The van der Waals surface area contributed by atoms with Crippen LogP contribution in [0.15, 0.2) is 29.0 Å². The van der Waals surface area contributed by atoms with Crippen LogP contribution in [0.5, 0.6) is 5.75 Å². The van der Waals surface area contributed by atoms with Crippen LogP contribution in [0.1, 0.15) is 44.2 Å². The molecule has 210 valence electrons. The van der Waals surface area contributed by atoms with E-state index in [1.165, 1.54) is 0 Å². The van der Waals surface area contributed by atoms with Gasteiger partial charge in [-0.25, -0.2) is 0 Å². The van der Waals surface area contributed by atoms with Gasteiger partial charge in [0.15, 0.2) is 11.6 Å². The predicted octanol–water partition coefficient (Wildman–Crippen LogP) is 2.13. The lowest BCUT2D eigenvalue weighted by Crippen LogP contribution is -2.55. The number of ketones is 2. The summed E-state index contributed by atoms with van der Waals surface area (Å²) in [5, 5.41) is 36.9. The summed E-state index contributed by atoms with van der Waals surface area (Å²) in [6, 6.07) is 3.58. The molecule has 0 aromatic heterocycles. The summed E-state index contributed by atoms with van der Waals surface area (Å²) >= 11 is 0. The van der Waals surface area contributed by atoms with Crippen LogP contribution < -0.4 is 11.1 Å². The van der Waals surface area contributed by atoms with E-state index < -0.39 is 52.6 Å². The summed E-state index contributed by atoms with van der Waals surface area (Å²) in [5.74, 6) is -5.57. The maximum absolute atomic E-state index is 13.9. The number of aliphatic hydroxyl groups is 2. The predicted molar refractivity (Wildman–Crippen MR) is 146 cm³/mol. The molecule has 1 aromatic rings. The maximum Gasteiger partial charge on any atom is 0.255 e. The van der Waals surface area contributed by atoms with Crippen molar-refractivity contribution < 1.29 is 29.7 Å². The normalized spacial score (nSPS) is 28.1. The molecule has 0 bridgehead atoms. The molecule has 1 saturated heterocycles.